The van der Waals surface area contributed by atoms with Crippen LogP contribution in [0, 0.1) is 15.9 Å². The Morgan fingerprint density at radius 1 is 1.12 bits per heavy atom. The molecule has 1 aromatic heterocycles. The van der Waals surface area contributed by atoms with Gasteiger partial charge in [0.15, 0.2) is 11.0 Å². The van der Waals surface area contributed by atoms with Crippen molar-refractivity contribution in [1.82, 2.24) is 25.4 Å². The number of carbonyl (C=O) groups is 2. The number of hydrogen-bond acceptors (Lipinski definition) is 8. The van der Waals surface area contributed by atoms with Crippen molar-refractivity contribution in [3.8, 4) is 5.69 Å². The first kappa shape index (κ1) is 24.6. The molecule has 178 valence electrons. The first-order chi connectivity index (χ1) is 16.4. The van der Waals surface area contributed by atoms with Crippen molar-refractivity contribution < 1.29 is 23.6 Å². The molecule has 2 amide bonds. The SMILES string of the molecule is CCOC(=O)CNC(=O)NCc1nnc(SCc2ccc(F)cc2)n1-c1ccc([N+](=O)[O-])cc1. The van der Waals surface area contributed by atoms with Gasteiger partial charge < -0.3 is 15.4 Å². The fraction of sp³-hybridized carbons (Fsp3) is 0.238. The zero-order chi connectivity index (χ0) is 24.5. The van der Waals surface area contributed by atoms with Gasteiger partial charge in [0, 0.05) is 23.6 Å². The van der Waals surface area contributed by atoms with Crippen molar-refractivity contribution in [2.24, 2.45) is 0 Å². The standard InChI is InChI=1S/C21H21FN6O5S/c1-2-33-19(29)12-24-20(30)23-11-18-25-26-21(34-13-14-3-5-15(22)6-4-14)27(18)16-7-9-17(10-8-16)28(31)32/h3-10H,2,11-13H2,1H3,(H2,23,24,30). The molecule has 0 unspecified atom stereocenters. The molecule has 34 heavy (non-hydrogen) atoms. The smallest absolute Gasteiger partial charge is 0.325 e. The lowest BCUT2D eigenvalue weighted by Gasteiger charge is -2.11. The maximum Gasteiger partial charge on any atom is 0.325 e. The number of urea groups is 1. The molecule has 0 spiro atoms. The van der Waals surface area contributed by atoms with Crippen LogP contribution in [0.4, 0.5) is 14.9 Å². The highest BCUT2D eigenvalue weighted by Crippen LogP contribution is 2.26. The lowest BCUT2D eigenvalue weighted by Crippen LogP contribution is -2.39. The van der Waals surface area contributed by atoms with Crippen LogP contribution in [0.25, 0.3) is 5.69 Å². The van der Waals surface area contributed by atoms with Crippen molar-refractivity contribution >= 4 is 29.4 Å². The zero-order valence-electron chi connectivity index (χ0n) is 18.1. The minimum absolute atomic E-state index is 0.0320. The minimum atomic E-state index is -0.605. The van der Waals surface area contributed by atoms with Crippen LogP contribution < -0.4 is 10.6 Å². The number of aromatic nitrogens is 3. The number of nitrogens with one attached hydrogen (secondary N) is 2. The van der Waals surface area contributed by atoms with Crippen LogP contribution >= 0.6 is 11.8 Å². The molecule has 11 nitrogen and oxygen atoms in total. The molecule has 0 bridgehead atoms. The van der Waals surface area contributed by atoms with Gasteiger partial charge in [0.05, 0.1) is 18.1 Å². The van der Waals surface area contributed by atoms with Gasteiger partial charge in [-0.2, -0.15) is 0 Å². The summed E-state index contributed by atoms with van der Waals surface area (Å²) in [4.78, 5) is 33.9. The second kappa shape index (κ2) is 11.7. The van der Waals surface area contributed by atoms with E-state index in [-0.39, 0.29) is 31.2 Å². The summed E-state index contributed by atoms with van der Waals surface area (Å²) < 4.78 is 19.6. The Balaban J connectivity index is 1.76. The van der Waals surface area contributed by atoms with E-state index in [2.05, 4.69) is 20.8 Å². The number of nitro groups is 1. The molecule has 0 fully saturated rings. The zero-order valence-corrected chi connectivity index (χ0v) is 18.9. The second-order valence-electron chi connectivity index (χ2n) is 6.76. The molecular weight excluding hydrogens is 467 g/mol. The van der Waals surface area contributed by atoms with Crippen LogP contribution in [0.1, 0.15) is 18.3 Å². The van der Waals surface area contributed by atoms with E-state index >= 15 is 0 Å². The van der Waals surface area contributed by atoms with Crippen LogP contribution in [-0.4, -0.2) is 44.8 Å². The van der Waals surface area contributed by atoms with Gasteiger partial charge in [-0.15, -0.1) is 10.2 Å². The summed E-state index contributed by atoms with van der Waals surface area (Å²) in [5.74, 6) is -0.0657. The molecule has 0 aliphatic carbocycles. The predicted molar refractivity (Wildman–Crippen MR) is 121 cm³/mol. The van der Waals surface area contributed by atoms with Crippen molar-refractivity contribution in [2.45, 2.75) is 24.4 Å². The van der Waals surface area contributed by atoms with Crippen LogP contribution in [0.5, 0.6) is 0 Å². The van der Waals surface area contributed by atoms with Gasteiger partial charge in [0.25, 0.3) is 5.69 Å². The van der Waals surface area contributed by atoms with E-state index in [9.17, 15) is 24.1 Å². The number of esters is 1. The molecule has 0 saturated heterocycles. The van der Waals surface area contributed by atoms with Crippen LogP contribution in [0.3, 0.4) is 0 Å². The summed E-state index contributed by atoms with van der Waals surface area (Å²) in [7, 11) is 0. The van der Waals surface area contributed by atoms with E-state index in [0.29, 0.717) is 22.4 Å². The summed E-state index contributed by atoms with van der Waals surface area (Å²) >= 11 is 1.33. The van der Waals surface area contributed by atoms with Crippen molar-refractivity contribution in [3.05, 3.63) is 75.9 Å². The maximum atomic E-state index is 13.2. The van der Waals surface area contributed by atoms with Crippen molar-refractivity contribution in [3.63, 3.8) is 0 Å². The molecule has 0 radical (unpaired) electrons. The molecule has 0 aliphatic rings. The van der Waals surface area contributed by atoms with Crippen molar-refractivity contribution in [2.75, 3.05) is 13.2 Å². The summed E-state index contributed by atoms with van der Waals surface area (Å²) in [6.45, 7) is 1.55. The quantitative estimate of drug-likeness (QED) is 0.192. The highest BCUT2D eigenvalue weighted by Gasteiger charge is 2.17. The number of nitrogens with zero attached hydrogens (tertiary/aromatic N) is 4. The van der Waals surface area contributed by atoms with E-state index in [1.807, 2.05) is 0 Å². The summed E-state index contributed by atoms with van der Waals surface area (Å²) in [6.07, 6.45) is 0. The Kier molecular flexibility index (Phi) is 8.51. The molecule has 1 heterocycles. The largest absolute Gasteiger partial charge is 0.465 e. The number of ether oxygens (including phenoxy) is 1. The molecule has 0 aliphatic heterocycles. The van der Waals surface area contributed by atoms with Crippen molar-refractivity contribution in [1.29, 1.82) is 0 Å². The van der Waals surface area contributed by atoms with E-state index in [1.54, 1.807) is 35.8 Å². The highest BCUT2D eigenvalue weighted by molar-refractivity contribution is 7.98. The number of rotatable bonds is 10. The van der Waals surface area contributed by atoms with Crippen LogP contribution in [-0.2, 0) is 21.8 Å². The lowest BCUT2D eigenvalue weighted by molar-refractivity contribution is -0.384. The first-order valence-electron chi connectivity index (χ1n) is 10.1. The number of thioether (sulfide) groups is 1. The molecule has 13 heteroatoms. The number of amides is 2. The molecule has 2 aromatic carbocycles. The van der Waals surface area contributed by atoms with Gasteiger partial charge >= 0.3 is 12.0 Å². The summed E-state index contributed by atoms with van der Waals surface area (Å²) in [5.41, 5.74) is 1.35. The Hall–Kier alpha value is -4.00. The molecule has 0 saturated carbocycles. The Morgan fingerprint density at radius 3 is 2.47 bits per heavy atom. The fourth-order valence-electron chi connectivity index (χ4n) is 2.81. The number of halogens is 1. The van der Waals surface area contributed by atoms with Crippen LogP contribution in [0.15, 0.2) is 53.7 Å². The van der Waals surface area contributed by atoms with Gasteiger partial charge in [-0.3, -0.25) is 19.5 Å². The first-order valence-corrected chi connectivity index (χ1v) is 11.1. The summed E-state index contributed by atoms with van der Waals surface area (Å²) in [5, 5.41) is 24.8. The van der Waals surface area contributed by atoms with Gasteiger partial charge in [-0.25, -0.2) is 9.18 Å². The van der Waals surface area contributed by atoms with Gasteiger partial charge in [0.1, 0.15) is 12.4 Å². The Bertz CT molecular complexity index is 1150. The third-order valence-electron chi connectivity index (χ3n) is 4.41. The Labute approximate surface area is 197 Å². The number of non-ortho nitro benzene ring substituents is 1. The lowest BCUT2D eigenvalue weighted by atomic mass is 10.2. The minimum Gasteiger partial charge on any atom is -0.465 e. The maximum absolute atomic E-state index is 13.2. The van der Waals surface area contributed by atoms with E-state index < -0.39 is 16.9 Å². The summed E-state index contributed by atoms with van der Waals surface area (Å²) in [6, 6.07) is 11.2. The average molecular weight is 489 g/mol. The molecular formula is C21H21FN6O5S. The number of carbonyl (C=O) groups excluding carboxylic acids is 2. The van der Waals surface area contributed by atoms with E-state index in [0.717, 1.165) is 5.56 Å². The van der Waals surface area contributed by atoms with E-state index in [4.69, 9.17) is 4.74 Å². The van der Waals surface area contributed by atoms with Gasteiger partial charge in [0.2, 0.25) is 0 Å². The molecule has 2 N–H and O–H groups in total. The monoisotopic (exact) mass is 488 g/mol. The molecule has 0 atom stereocenters. The number of hydrogen-bond donors (Lipinski definition) is 2. The Morgan fingerprint density at radius 2 is 1.82 bits per heavy atom. The molecule has 3 rings (SSSR count). The van der Waals surface area contributed by atoms with Gasteiger partial charge in [-0.05, 0) is 36.8 Å². The highest BCUT2D eigenvalue weighted by atomic mass is 32.2. The average Bonchev–Trinajstić information content (AvgIpc) is 3.24. The number of benzene rings is 2. The topological polar surface area (TPSA) is 141 Å². The fourth-order valence-corrected chi connectivity index (χ4v) is 3.73. The van der Waals surface area contributed by atoms with E-state index in [1.165, 1.54) is 36.0 Å². The van der Waals surface area contributed by atoms with Gasteiger partial charge in [-0.1, -0.05) is 23.9 Å². The van der Waals surface area contributed by atoms with Crippen LogP contribution in [0.2, 0.25) is 0 Å². The third kappa shape index (κ3) is 6.75. The second-order valence-corrected chi connectivity index (χ2v) is 7.71. The normalized spacial score (nSPS) is 10.5. The number of nitro benzene ring substituents is 1. The molecule has 3 aromatic rings. The predicted octanol–water partition coefficient (Wildman–Crippen LogP) is 2.97. The third-order valence-corrected chi connectivity index (χ3v) is 5.41.